The monoisotopic (exact) mass is 290 g/mol. The van der Waals surface area contributed by atoms with E-state index in [0.29, 0.717) is 12.0 Å². The number of carbonyl (C=O) groups is 1. The van der Waals surface area contributed by atoms with Gasteiger partial charge in [0.1, 0.15) is 5.75 Å². The van der Waals surface area contributed by atoms with Gasteiger partial charge in [-0.3, -0.25) is 4.79 Å². The Kier molecular flexibility index (Phi) is 8.80. The molecule has 2 nitrogen and oxygen atoms in total. The minimum absolute atomic E-state index is 0.0687. The van der Waals surface area contributed by atoms with E-state index in [1.165, 1.54) is 44.9 Å². The van der Waals surface area contributed by atoms with Crippen LogP contribution in [-0.2, 0) is 0 Å². The lowest BCUT2D eigenvalue weighted by molar-refractivity contribution is 0.0976. The van der Waals surface area contributed by atoms with Crippen LogP contribution in [0, 0.1) is 6.92 Å². The van der Waals surface area contributed by atoms with E-state index in [1.807, 2.05) is 13.0 Å². The molecule has 1 rings (SSSR count). The number of hydrogen-bond acceptors (Lipinski definition) is 2. The molecule has 0 unspecified atom stereocenters. The lowest BCUT2D eigenvalue weighted by Gasteiger charge is -2.05. The predicted molar refractivity (Wildman–Crippen MR) is 89.0 cm³/mol. The summed E-state index contributed by atoms with van der Waals surface area (Å²) in [5.74, 6) is 0.181. The highest BCUT2D eigenvalue weighted by atomic mass is 16.3. The van der Waals surface area contributed by atoms with Crippen LogP contribution < -0.4 is 0 Å². The van der Waals surface area contributed by atoms with Gasteiger partial charge in [-0.2, -0.15) is 0 Å². The molecule has 0 aliphatic carbocycles. The fourth-order valence-corrected chi connectivity index (χ4v) is 2.60. The maximum atomic E-state index is 12.1. The third-order valence-corrected chi connectivity index (χ3v) is 3.96. The Morgan fingerprint density at radius 2 is 1.52 bits per heavy atom. The number of phenolic OH excluding ortho intramolecular Hbond substituents is 1. The SMILES string of the molecule is CCCCCCCCCCCC(=O)c1cc(C)ccc1O. The van der Waals surface area contributed by atoms with Crippen LogP contribution in [0.15, 0.2) is 18.2 Å². The van der Waals surface area contributed by atoms with E-state index in [9.17, 15) is 9.90 Å². The molecule has 0 aromatic heterocycles. The number of rotatable bonds is 11. The van der Waals surface area contributed by atoms with Gasteiger partial charge >= 0.3 is 0 Å². The minimum Gasteiger partial charge on any atom is -0.507 e. The van der Waals surface area contributed by atoms with Gasteiger partial charge in [-0.25, -0.2) is 0 Å². The summed E-state index contributed by atoms with van der Waals surface area (Å²) >= 11 is 0. The molecule has 1 N–H and O–H groups in total. The van der Waals surface area contributed by atoms with Crippen LogP contribution >= 0.6 is 0 Å². The van der Waals surface area contributed by atoms with Gasteiger partial charge in [0.05, 0.1) is 5.56 Å². The van der Waals surface area contributed by atoms with E-state index in [1.54, 1.807) is 12.1 Å². The van der Waals surface area contributed by atoms with Gasteiger partial charge in [0.2, 0.25) is 0 Å². The Labute approximate surface area is 129 Å². The largest absolute Gasteiger partial charge is 0.507 e. The van der Waals surface area contributed by atoms with Crippen LogP contribution in [0.3, 0.4) is 0 Å². The normalized spacial score (nSPS) is 10.8. The van der Waals surface area contributed by atoms with Gasteiger partial charge < -0.3 is 5.11 Å². The zero-order valence-electron chi connectivity index (χ0n) is 13.7. The summed E-state index contributed by atoms with van der Waals surface area (Å²) < 4.78 is 0. The van der Waals surface area contributed by atoms with Gasteiger partial charge in [0, 0.05) is 6.42 Å². The van der Waals surface area contributed by atoms with Crippen LogP contribution in [0.4, 0.5) is 0 Å². The van der Waals surface area contributed by atoms with Crippen molar-refractivity contribution in [3.05, 3.63) is 29.3 Å². The Balaban J connectivity index is 2.12. The molecule has 2 heteroatoms. The summed E-state index contributed by atoms with van der Waals surface area (Å²) in [7, 11) is 0. The Morgan fingerprint density at radius 1 is 0.952 bits per heavy atom. The highest BCUT2D eigenvalue weighted by Gasteiger charge is 2.10. The molecule has 0 aliphatic heterocycles. The second-order valence-electron chi connectivity index (χ2n) is 6.02. The van der Waals surface area contributed by atoms with Gasteiger partial charge in [-0.15, -0.1) is 0 Å². The molecule has 118 valence electrons. The molecule has 0 heterocycles. The van der Waals surface area contributed by atoms with E-state index in [-0.39, 0.29) is 11.5 Å². The number of hydrogen-bond donors (Lipinski definition) is 1. The third kappa shape index (κ3) is 7.31. The molecule has 1 aromatic rings. The molecule has 21 heavy (non-hydrogen) atoms. The number of phenols is 1. The number of Topliss-reactive ketones (excluding diaryl/α,β-unsaturated/α-hetero) is 1. The van der Waals surface area contributed by atoms with Gasteiger partial charge in [-0.1, -0.05) is 69.9 Å². The minimum atomic E-state index is 0.0687. The van der Waals surface area contributed by atoms with E-state index in [4.69, 9.17) is 0 Å². The van der Waals surface area contributed by atoms with Crippen molar-refractivity contribution < 1.29 is 9.90 Å². The first-order valence-corrected chi connectivity index (χ1v) is 8.48. The summed E-state index contributed by atoms with van der Waals surface area (Å²) in [6.45, 7) is 4.18. The number of ketones is 1. The molecule has 0 saturated heterocycles. The molecule has 0 aliphatic rings. The van der Waals surface area contributed by atoms with Crippen molar-refractivity contribution in [3.63, 3.8) is 0 Å². The van der Waals surface area contributed by atoms with Crippen LogP contribution in [0.25, 0.3) is 0 Å². The maximum absolute atomic E-state index is 12.1. The average Bonchev–Trinajstić information content (AvgIpc) is 2.48. The number of benzene rings is 1. The van der Waals surface area contributed by atoms with Crippen molar-refractivity contribution in [1.82, 2.24) is 0 Å². The average molecular weight is 290 g/mol. The quantitative estimate of drug-likeness (QED) is 0.413. The highest BCUT2D eigenvalue weighted by Crippen LogP contribution is 2.21. The summed E-state index contributed by atoms with van der Waals surface area (Å²) in [4.78, 5) is 12.1. The van der Waals surface area contributed by atoms with E-state index >= 15 is 0 Å². The second-order valence-corrected chi connectivity index (χ2v) is 6.02. The fourth-order valence-electron chi connectivity index (χ4n) is 2.60. The molecule has 0 fully saturated rings. The van der Waals surface area contributed by atoms with Crippen LogP contribution in [-0.4, -0.2) is 10.9 Å². The van der Waals surface area contributed by atoms with E-state index in [2.05, 4.69) is 6.92 Å². The third-order valence-electron chi connectivity index (χ3n) is 3.96. The summed E-state index contributed by atoms with van der Waals surface area (Å²) in [5.41, 5.74) is 1.50. The lowest BCUT2D eigenvalue weighted by atomic mass is 10.0. The first-order chi connectivity index (χ1) is 10.1. The predicted octanol–water partition coefficient (Wildman–Crippen LogP) is 5.80. The van der Waals surface area contributed by atoms with Crippen molar-refractivity contribution >= 4 is 5.78 Å². The van der Waals surface area contributed by atoms with Crippen LogP contribution in [0.5, 0.6) is 5.75 Å². The van der Waals surface area contributed by atoms with Gasteiger partial charge in [0.25, 0.3) is 0 Å². The summed E-state index contributed by atoms with van der Waals surface area (Å²) in [6, 6.07) is 5.22. The zero-order chi connectivity index (χ0) is 15.5. The van der Waals surface area contributed by atoms with Crippen molar-refractivity contribution in [2.45, 2.75) is 78.1 Å². The molecule has 0 atom stereocenters. The van der Waals surface area contributed by atoms with Crippen LogP contribution in [0.1, 0.15) is 87.1 Å². The molecule has 0 bridgehead atoms. The van der Waals surface area contributed by atoms with Crippen molar-refractivity contribution in [2.75, 3.05) is 0 Å². The van der Waals surface area contributed by atoms with Crippen LogP contribution in [0.2, 0.25) is 0 Å². The second kappa shape index (κ2) is 10.4. The van der Waals surface area contributed by atoms with Gasteiger partial charge in [-0.05, 0) is 25.5 Å². The molecular weight excluding hydrogens is 260 g/mol. The molecule has 0 spiro atoms. The molecule has 0 saturated carbocycles. The summed E-state index contributed by atoms with van der Waals surface area (Å²) in [6.07, 6.45) is 11.8. The van der Waals surface area contributed by atoms with Crippen molar-refractivity contribution in [3.8, 4) is 5.75 Å². The van der Waals surface area contributed by atoms with Crippen molar-refractivity contribution in [2.24, 2.45) is 0 Å². The Bertz CT molecular complexity index is 424. The Morgan fingerprint density at radius 3 is 2.14 bits per heavy atom. The smallest absolute Gasteiger partial charge is 0.166 e. The summed E-state index contributed by atoms with van der Waals surface area (Å²) in [5, 5.41) is 9.73. The number of aromatic hydroxyl groups is 1. The molecule has 1 aromatic carbocycles. The lowest BCUT2D eigenvalue weighted by Crippen LogP contribution is -2.00. The van der Waals surface area contributed by atoms with Gasteiger partial charge in [0.15, 0.2) is 5.78 Å². The van der Waals surface area contributed by atoms with Crippen molar-refractivity contribution in [1.29, 1.82) is 0 Å². The zero-order valence-corrected chi connectivity index (χ0v) is 13.7. The molecule has 0 radical (unpaired) electrons. The first kappa shape index (κ1) is 17.7. The fraction of sp³-hybridized carbons (Fsp3) is 0.632. The standard InChI is InChI=1S/C19H30O2/c1-3-4-5-6-7-8-9-10-11-12-18(20)17-15-16(2)13-14-19(17)21/h13-15,21H,3-12H2,1-2H3. The van der Waals surface area contributed by atoms with E-state index < -0.39 is 0 Å². The maximum Gasteiger partial charge on any atom is 0.166 e. The number of carbonyl (C=O) groups excluding carboxylic acids is 1. The number of aryl methyl sites for hydroxylation is 1. The van der Waals surface area contributed by atoms with E-state index in [0.717, 1.165) is 18.4 Å². The highest BCUT2D eigenvalue weighted by molar-refractivity contribution is 5.98. The first-order valence-electron chi connectivity index (χ1n) is 8.48. The topological polar surface area (TPSA) is 37.3 Å². The number of unbranched alkanes of at least 4 members (excludes halogenated alkanes) is 8. The molecular formula is C19H30O2. The molecule has 0 amide bonds. The Hall–Kier alpha value is -1.31.